The Hall–Kier alpha value is -2.35. The lowest BCUT2D eigenvalue weighted by Crippen LogP contribution is -1.96. The minimum atomic E-state index is -0.323. The number of benzene rings is 2. The summed E-state index contributed by atoms with van der Waals surface area (Å²) < 4.78 is 4.73. The lowest BCUT2D eigenvalue weighted by Gasteiger charge is -2.01. The molecule has 0 heterocycles. The van der Waals surface area contributed by atoms with Crippen LogP contribution in [0.5, 0.6) is 0 Å². The molecule has 0 aliphatic heterocycles. The van der Waals surface area contributed by atoms with E-state index >= 15 is 0 Å². The smallest absolute Gasteiger partial charge is 0.331 e. The highest BCUT2D eigenvalue weighted by molar-refractivity contribution is 6.06. The van der Waals surface area contributed by atoms with E-state index in [4.69, 9.17) is 4.74 Å². The van der Waals surface area contributed by atoms with Gasteiger partial charge in [-0.3, -0.25) is 0 Å². The molecular formula is C16H12O2. The van der Waals surface area contributed by atoms with Gasteiger partial charge in [0.1, 0.15) is 0 Å². The Bertz CT molecular complexity index is 606. The summed E-state index contributed by atoms with van der Waals surface area (Å²) in [7, 11) is 1.39. The van der Waals surface area contributed by atoms with Crippen molar-refractivity contribution >= 4 is 11.5 Å². The number of hydrogen-bond acceptors (Lipinski definition) is 2. The molecule has 18 heavy (non-hydrogen) atoms. The van der Waals surface area contributed by atoms with Gasteiger partial charge in [-0.2, -0.15) is 0 Å². The predicted octanol–water partition coefficient (Wildman–Crippen LogP) is 3.27. The number of ether oxygens (including phenoxy) is 1. The van der Waals surface area contributed by atoms with Crippen molar-refractivity contribution in [2.24, 2.45) is 0 Å². The highest BCUT2D eigenvalue weighted by Crippen LogP contribution is 2.43. The van der Waals surface area contributed by atoms with Crippen LogP contribution in [0.15, 0.2) is 54.6 Å². The largest absolute Gasteiger partial charge is 0.466 e. The first-order valence-corrected chi connectivity index (χ1v) is 5.80. The summed E-state index contributed by atoms with van der Waals surface area (Å²) in [5.41, 5.74) is 5.45. The second-order valence-electron chi connectivity index (χ2n) is 4.17. The second kappa shape index (κ2) is 4.15. The van der Waals surface area contributed by atoms with Crippen LogP contribution in [0.3, 0.4) is 0 Å². The quantitative estimate of drug-likeness (QED) is 0.479. The summed E-state index contributed by atoms with van der Waals surface area (Å²) in [5.74, 6) is -0.323. The average molecular weight is 236 g/mol. The van der Waals surface area contributed by atoms with Crippen LogP contribution in [0.2, 0.25) is 0 Å². The van der Waals surface area contributed by atoms with Gasteiger partial charge in [0, 0.05) is 6.08 Å². The van der Waals surface area contributed by atoms with Gasteiger partial charge in [0.15, 0.2) is 0 Å². The van der Waals surface area contributed by atoms with E-state index in [0.29, 0.717) is 0 Å². The predicted molar refractivity (Wildman–Crippen MR) is 71.0 cm³/mol. The Morgan fingerprint density at radius 1 is 0.889 bits per heavy atom. The molecule has 0 N–H and O–H groups in total. The van der Waals surface area contributed by atoms with E-state index in [9.17, 15) is 4.79 Å². The summed E-state index contributed by atoms with van der Waals surface area (Å²) in [6, 6.07) is 16.2. The maximum atomic E-state index is 11.5. The Morgan fingerprint density at radius 2 is 1.33 bits per heavy atom. The molecule has 1 aliphatic carbocycles. The Morgan fingerprint density at radius 3 is 1.78 bits per heavy atom. The molecule has 0 atom stereocenters. The van der Waals surface area contributed by atoms with Gasteiger partial charge in [-0.25, -0.2) is 4.79 Å². The summed E-state index contributed by atoms with van der Waals surface area (Å²) in [5, 5.41) is 0. The highest BCUT2D eigenvalue weighted by atomic mass is 16.5. The minimum Gasteiger partial charge on any atom is -0.466 e. The highest BCUT2D eigenvalue weighted by Gasteiger charge is 2.22. The molecule has 0 amide bonds. The monoisotopic (exact) mass is 236 g/mol. The van der Waals surface area contributed by atoms with Gasteiger partial charge in [-0.05, 0) is 27.8 Å². The lowest BCUT2D eigenvalue weighted by molar-refractivity contribution is -0.134. The van der Waals surface area contributed by atoms with Crippen LogP contribution in [-0.2, 0) is 9.53 Å². The zero-order chi connectivity index (χ0) is 12.5. The van der Waals surface area contributed by atoms with E-state index in [2.05, 4.69) is 12.1 Å². The van der Waals surface area contributed by atoms with Crippen molar-refractivity contribution in [3.05, 3.63) is 65.7 Å². The van der Waals surface area contributed by atoms with Crippen LogP contribution in [0.25, 0.3) is 16.7 Å². The number of methoxy groups -OCH3 is 1. The van der Waals surface area contributed by atoms with E-state index in [1.807, 2.05) is 36.4 Å². The van der Waals surface area contributed by atoms with Gasteiger partial charge in [-0.15, -0.1) is 0 Å². The van der Waals surface area contributed by atoms with Crippen molar-refractivity contribution in [1.82, 2.24) is 0 Å². The van der Waals surface area contributed by atoms with Crippen molar-refractivity contribution < 1.29 is 9.53 Å². The van der Waals surface area contributed by atoms with Crippen LogP contribution < -0.4 is 0 Å². The molecular weight excluding hydrogens is 224 g/mol. The molecule has 3 rings (SSSR count). The Kier molecular flexibility index (Phi) is 2.49. The number of rotatable bonds is 1. The Labute approximate surface area is 106 Å². The second-order valence-corrected chi connectivity index (χ2v) is 4.17. The molecule has 88 valence electrons. The fourth-order valence-electron chi connectivity index (χ4n) is 2.38. The van der Waals surface area contributed by atoms with Crippen molar-refractivity contribution in [1.29, 1.82) is 0 Å². The van der Waals surface area contributed by atoms with Gasteiger partial charge in [-0.1, -0.05) is 48.5 Å². The van der Waals surface area contributed by atoms with E-state index in [1.165, 1.54) is 18.2 Å². The number of fused-ring (bicyclic) bond motifs is 3. The molecule has 0 spiro atoms. The first kappa shape index (κ1) is 10.8. The van der Waals surface area contributed by atoms with Gasteiger partial charge in [0.05, 0.1) is 7.11 Å². The molecule has 2 aromatic carbocycles. The molecule has 0 radical (unpaired) electrons. The van der Waals surface area contributed by atoms with Crippen LogP contribution >= 0.6 is 0 Å². The normalized spacial score (nSPS) is 11.7. The van der Waals surface area contributed by atoms with Crippen molar-refractivity contribution in [2.75, 3.05) is 7.11 Å². The maximum absolute atomic E-state index is 11.5. The van der Waals surface area contributed by atoms with Gasteiger partial charge >= 0.3 is 5.97 Å². The standard InChI is InChI=1S/C16H12O2/c1-18-16(17)10-15-13-8-4-2-6-11(13)12-7-3-5-9-14(12)15/h2-10H,1H3. The molecule has 0 saturated heterocycles. The van der Waals surface area contributed by atoms with Crippen LogP contribution in [0.4, 0.5) is 0 Å². The first-order chi connectivity index (χ1) is 8.81. The minimum absolute atomic E-state index is 0.323. The molecule has 2 heteroatoms. The third-order valence-corrected chi connectivity index (χ3v) is 3.19. The van der Waals surface area contributed by atoms with E-state index in [1.54, 1.807) is 6.08 Å². The van der Waals surface area contributed by atoms with E-state index in [0.717, 1.165) is 16.7 Å². The molecule has 0 unspecified atom stereocenters. The van der Waals surface area contributed by atoms with Crippen LogP contribution in [0, 0.1) is 0 Å². The summed E-state index contributed by atoms with van der Waals surface area (Å²) in [6.45, 7) is 0. The van der Waals surface area contributed by atoms with Crippen molar-refractivity contribution in [2.45, 2.75) is 0 Å². The number of carbonyl (C=O) groups excluding carboxylic acids is 1. The molecule has 0 bridgehead atoms. The molecule has 2 aromatic rings. The zero-order valence-electron chi connectivity index (χ0n) is 10.0. The molecule has 0 fully saturated rings. The van der Waals surface area contributed by atoms with Crippen LogP contribution in [-0.4, -0.2) is 13.1 Å². The molecule has 2 nitrogen and oxygen atoms in total. The summed E-state index contributed by atoms with van der Waals surface area (Å²) in [4.78, 5) is 11.5. The van der Waals surface area contributed by atoms with E-state index in [-0.39, 0.29) is 5.97 Å². The summed E-state index contributed by atoms with van der Waals surface area (Å²) in [6.07, 6.45) is 1.56. The number of esters is 1. The molecule has 0 aromatic heterocycles. The maximum Gasteiger partial charge on any atom is 0.331 e. The van der Waals surface area contributed by atoms with Crippen molar-refractivity contribution in [3.8, 4) is 11.1 Å². The van der Waals surface area contributed by atoms with E-state index < -0.39 is 0 Å². The number of carbonyl (C=O) groups is 1. The fraction of sp³-hybridized carbons (Fsp3) is 0.0625. The molecule has 0 saturated carbocycles. The fourth-order valence-corrected chi connectivity index (χ4v) is 2.38. The first-order valence-electron chi connectivity index (χ1n) is 5.80. The lowest BCUT2D eigenvalue weighted by atomic mass is 10.0. The topological polar surface area (TPSA) is 26.3 Å². The van der Waals surface area contributed by atoms with Gasteiger partial charge < -0.3 is 4.74 Å². The third kappa shape index (κ3) is 1.54. The third-order valence-electron chi connectivity index (χ3n) is 3.19. The van der Waals surface area contributed by atoms with Gasteiger partial charge in [0.2, 0.25) is 0 Å². The Balaban J connectivity index is 2.27. The average Bonchev–Trinajstić information content (AvgIpc) is 2.74. The molecule has 1 aliphatic rings. The SMILES string of the molecule is COC(=O)C=C1c2ccccc2-c2ccccc21. The van der Waals surface area contributed by atoms with Crippen molar-refractivity contribution in [3.63, 3.8) is 0 Å². The summed E-state index contributed by atoms with van der Waals surface area (Å²) >= 11 is 0. The van der Waals surface area contributed by atoms with Crippen LogP contribution in [0.1, 0.15) is 11.1 Å². The van der Waals surface area contributed by atoms with Gasteiger partial charge in [0.25, 0.3) is 0 Å². The zero-order valence-corrected chi connectivity index (χ0v) is 10.0. The number of hydrogen-bond donors (Lipinski definition) is 0.